The summed E-state index contributed by atoms with van der Waals surface area (Å²) in [7, 11) is 5.66. The number of thiazole rings is 1. The number of carbonyl (C=O) groups is 1. The van der Waals surface area contributed by atoms with Gasteiger partial charge in [0, 0.05) is 13.1 Å². The predicted octanol–water partition coefficient (Wildman–Crippen LogP) is 5.02. The minimum atomic E-state index is 0. The number of aromatic nitrogens is 1. The van der Waals surface area contributed by atoms with Gasteiger partial charge in [0.15, 0.2) is 5.13 Å². The molecule has 7 heteroatoms. The zero-order valence-corrected chi connectivity index (χ0v) is 19.5. The molecule has 0 aliphatic heterocycles. The molecule has 3 aromatic carbocycles. The van der Waals surface area contributed by atoms with Crippen molar-refractivity contribution >= 4 is 55.8 Å². The first-order valence-corrected chi connectivity index (χ1v) is 10.7. The largest absolute Gasteiger partial charge is 0.494 e. The summed E-state index contributed by atoms with van der Waals surface area (Å²) in [4.78, 5) is 22.1. The standard InChI is InChI=1S/C24H25N3O2S.ClH/c1-26(2)14-15-27(24-25-23-20(29-3)12-7-13-21(23)30-24)22(28)16-18-10-6-9-17-8-4-5-11-19(17)18;/h4-13H,14-16H2,1-3H3;1H. The van der Waals surface area contributed by atoms with Gasteiger partial charge in [-0.05, 0) is 42.6 Å². The molecule has 162 valence electrons. The molecule has 4 aromatic rings. The van der Waals surface area contributed by atoms with Crippen molar-refractivity contribution in [2.24, 2.45) is 0 Å². The van der Waals surface area contributed by atoms with Crippen LogP contribution >= 0.6 is 23.7 Å². The molecular weight excluding hydrogens is 430 g/mol. The number of nitrogens with zero attached hydrogens (tertiary/aromatic N) is 3. The Morgan fingerprint density at radius 1 is 1.00 bits per heavy atom. The molecule has 0 unspecified atom stereocenters. The lowest BCUT2D eigenvalue weighted by atomic mass is 10.0. The Bertz CT molecular complexity index is 1190. The Labute approximate surface area is 192 Å². The summed E-state index contributed by atoms with van der Waals surface area (Å²) in [6, 6.07) is 20.2. The van der Waals surface area contributed by atoms with E-state index in [1.165, 1.54) is 11.3 Å². The summed E-state index contributed by atoms with van der Waals surface area (Å²) in [5.74, 6) is 0.773. The molecule has 0 fully saturated rings. The van der Waals surface area contributed by atoms with Crippen LogP contribution in [0.3, 0.4) is 0 Å². The fourth-order valence-corrected chi connectivity index (χ4v) is 4.55. The van der Waals surface area contributed by atoms with E-state index in [0.717, 1.165) is 38.8 Å². The smallest absolute Gasteiger partial charge is 0.233 e. The van der Waals surface area contributed by atoms with Crippen molar-refractivity contribution < 1.29 is 9.53 Å². The lowest BCUT2D eigenvalue weighted by Crippen LogP contribution is -2.37. The van der Waals surface area contributed by atoms with Gasteiger partial charge in [0.05, 0.1) is 18.2 Å². The van der Waals surface area contributed by atoms with Crippen molar-refractivity contribution in [1.82, 2.24) is 9.88 Å². The van der Waals surface area contributed by atoms with Crippen molar-refractivity contribution in [3.05, 3.63) is 66.2 Å². The van der Waals surface area contributed by atoms with E-state index in [1.54, 1.807) is 7.11 Å². The number of hydrogen-bond donors (Lipinski definition) is 0. The summed E-state index contributed by atoms with van der Waals surface area (Å²) in [5, 5.41) is 2.97. The van der Waals surface area contributed by atoms with E-state index >= 15 is 0 Å². The van der Waals surface area contributed by atoms with Crippen molar-refractivity contribution in [2.45, 2.75) is 6.42 Å². The van der Waals surface area contributed by atoms with Gasteiger partial charge in [-0.15, -0.1) is 12.4 Å². The Kier molecular flexibility index (Phi) is 7.49. The third-order valence-electron chi connectivity index (χ3n) is 5.11. The molecule has 5 nitrogen and oxygen atoms in total. The highest BCUT2D eigenvalue weighted by Gasteiger charge is 2.21. The minimum absolute atomic E-state index is 0. The number of rotatable bonds is 7. The summed E-state index contributed by atoms with van der Waals surface area (Å²) in [6.45, 7) is 1.34. The highest BCUT2D eigenvalue weighted by Crippen LogP contribution is 2.34. The Balaban J connectivity index is 0.00000272. The maximum atomic E-state index is 13.4. The first-order chi connectivity index (χ1) is 14.6. The summed E-state index contributed by atoms with van der Waals surface area (Å²) in [6.07, 6.45) is 0.335. The lowest BCUT2D eigenvalue weighted by Gasteiger charge is -2.22. The van der Waals surface area contributed by atoms with Gasteiger partial charge in [-0.3, -0.25) is 9.69 Å². The number of likely N-dealkylation sites (N-methyl/N-ethyl adjacent to an activating group) is 1. The quantitative estimate of drug-likeness (QED) is 0.392. The van der Waals surface area contributed by atoms with Gasteiger partial charge in [-0.1, -0.05) is 59.9 Å². The van der Waals surface area contributed by atoms with E-state index in [1.807, 2.05) is 61.5 Å². The van der Waals surface area contributed by atoms with E-state index in [-0.39, 0.29) is 18.3 Å². The van der Waals surface area contributed by atoms with Crippen LogP contribution in [0.25, 0.3) is 21.0 Å². The van der Waals surface area contributed by atoms with E-state index in [9.17, 15) is 4.79 Å². The number of carbonyl (C=O) groups excluding carboxylic acids is 1. The second kappa shape index (κ2) is 10.1. The number of amides is 1. The monoisotopic (exact) mass is 455 g/mol. The SMILES string of the molecule is COc1cccc2sc(N(CCN(C)C)C(=O)Cc3cccc4ccccc34)nc12.Cl. The molecular formula is C24H26ClN3O2S. The molecule has 0 saturated heterocycles. The van der Waals surface area contributed by atoms with Gasteiger partial charge in [0.2, 0.25) is 5.91 Å². The van der Waals surface area contributed by atoms with Crippen molar-refractivity contribution in [2.75, 3.05) is 39.2 Å². The minimum Gasteiger partial charge on any atom is -0.494 e. The maximum absolute atomic E-state index is 13.4. The van der Waals surface area contributed by atoms with E-state index in [2.05, 4.69) is 23.1 Å². The van der Waals surface area contributed by atoms with Gasteiger partial charge in [-0.2, -0.15) is 0 Å². The van der Waals surface area contributed by atoms with Crippen LogP contribution in [0.1, 0.15) is 5.56 Å². The molecule has 0 bridgehead atoms. The highest BCUT2D eigenvalue weighted by atomic mass is 35.5. The fourth-order valence-electron chi connectivity index (χ4n) is 3.52. The Hall–Kier alpha value is -2.67. The second-order valence-corrected chi connectivity index (χ2v) is 8.48. The maximum Gasteiger partial charge on any atom is 0.233 e. The molecule has 1 amide bonds. The van der Waals surface area contributed by atoms with E-state index in [0.29, 0.717) is 18.1 Å². The molecule has 31 heavy (non-hydrogen) atoms. The molecule has 0 aliphatic carbocycles. The Morgan fingerprint density at radius 2 is 1.74 bits per heavy atom. The van der Waals surface area contributed by atoms with Gasteiger partial charge in [0.25, 0.3) is 0 Å². The van der Waals surface area contributed by atoms with Crippen molar-refractivity contribution in [1.29, 1.82) is 0 Å². The number of anilines is 1. The number of methoxy groups -OCH3 is 1. The summed E-state index contributed by atoms with van der Waals surface area (Å²) in [5.41, 5.74) is 1.83. The number of benzene rings is 3. The number of hydrogen-bond acceptors (Lipinski definition) is 5. The summed E-state index contributed by atoms with van der Waals surface area (Å²) < 4.78 is 6.47. The average Bonchev–Trinajstić information content (AvgIpc) is 3.18. The molecule has 0 N–H and O–H groups in total. The zero-order chi connectivity index (χ0) is 21.1. The van der Waals surface area contributed by atoms with Crippen LogP contribution in [0.2, 0.25) is 0 Å². The fraction of sp³-hybridized carbons (Fsp3) is 0.250. The zero-order valence-electron chi connectivity index (χ0n) is 17.9. The average molecular weight is 456 g/mol. The van der Waals surface area contributed by atoms with E-state index in [4.69, 9.17) is 9.72 Å². The molecule has 0 radical (unpaired) electrons. The molecule has 1 aromatic heterocycles. The van der Waals surface area contributed by atoms with Crippen molar-refractivity contribution in [3.63, 3.8) is 0 Å². The van der Waals surface area contributed by atoms with Crippen LogP contribution in [-0.4, -0.2) is 50.1 Å². The lowest BCUT2D eigenvalue weighted by molar-refractivity contribution is -0.118. The van der Waals surface area contributed by atoms with Crippen LogP contribution < -0.4 is 9.64 Å². The molecule has 0 saturated carbocycles. The highest BCUT2D eigenvalue weighted by molar-refractivity contribution is 7.22. The predicted molar refractivity (Wildman–Crippen MR) is 132 cm³/mol. The van der Waals surface area contributed by atoms with E-state index < -0.39 is 0 Å². The second-order valence-electron chi connectivity index (χ2n) is 7.47. The van der Waals surface area contributed by atoms with Crippen LogP contribution in [-0.2, 0) is 11.2 Å². The number of fused-ring (bicyclic) bond motifs is 2. The van der Waals surface area contributed by atoms with Crippen LogP contribution in [0.5, 0.6) is 5.75 Å². The molecule has 0 aliphatic rings. The van der Waals surface area contributed by atoms with Crippen LogP contribution in [0.4, 0.5) is 5.13 Å². The molecule has 0 atom stereocenters. The van der Waals surface area contributed by atoms with Crippen LogP contribution in [0.15, 0.2) is 60.7 Å². The molecule has 4 rings (SSSR count). The third-order valence-corrected chi connectivity index (χ3v) is 6.16. The number of halogens is 1. The van der Waals surface area contributed by atoms with Gasteiger partial charge >= 0.3 is 0 Å². The normalized spacial score (nSPS) is 11.0. The van der Waals surface area contributed by atoms with Gasteiger partial charge < -0.3 is 9.64 Å². The third kappa shape index (κ3) is 4.98. The Morgan fingerprint density at radius 3 is 2.52 bits per heavy atom. The number of ether oxygens (including phenoxy) is 1. The first-order valence-electron chi connectivity index (χ1n) is 9.92. The topological polar surface area (TPSA) is 45.7 Å². The summed E-state index contributed by atoms with van der Waals surface area (Å²) >= 11 is 1.52. The first kappa shape index (κ1) is 23.0. The van der Waals surface area contributed by atoms with Gasteiger partial charge in [-0.25, -0.2) is 4.98 Å². The van der Waals surface area contributed by atoms with Crippen LogP contribution in [0, 0.1) is 0 Å². The van der Waals surface area contributed by atoms with Gasteiger partial charge in [0.1, 0.15) is 11.3 Å². The molecule has 1 heterocycles. The molecule has 0 spiro atoms. The van der Waals surface area contributed by atoms with Crippen molar-refractivity contribution in [3.8, 4) is 5.75 Å². The number of para-hydroxylation sites is 1.